The van der Waals surface area contributed by atoms with Gasteiger partial charge in [-0.05, 0) is 32.4 Å². The number of amides is 1. The van der Waals surface area contributed by atoms with Crippen LogP contribution in [-0.4, -0.2) is 55.2 Å². The van der Waals surface area contributed by atoms with Crippen LogP contribution >= 0.6 is 0 Å². The van der Waals surface area contributed by atoms with E-state index in [1.54, 1.807) is 0 Å². The SMILES string of the molecule is CCOCCC(=O)N1CCCN(c2ccnc(C)c2)CC1. The summed E-state index contributed by atoms with van der Waals surface area (Å²) in [7, 11) is 0. The van der Waals surface area contributed by atoms with Gasteiger partial charge in [0, 0.05) is 50.4 Å². The second-order valence-electron chi connectivity index (χ2n) is 5.32. The lowest BCUT2D eigenvalue weighted by Gasteiger charge is -2.24. The summed E-state index contributed by atoms with van der Waals surface area (Å²) >= 11 is 0. The highest BCUT2D eigenvalue weighted by Crippen LogP contribution is 2.17. The molecule has 0 radical (unpaired) electrons. The molecule has 0 spiro atoms. The first-order valence-corrected chi connectivity index (χ1v) is 7.74. The van der Waals surface area contributed by atoms with Crippen LogP contribution in [0, 0.1) is 6.92 Å². The molecule has 5 heteroatoms. The quantitative estimate of drug-likeness (QED) is 0.777. The fourth-order valence-electron chi connectivity index (χ4n) is 2.61. The lowest BCUT2D eigenvalue weighted by molar-refractivity contribution is -0.132. The molecule has 2 heterocycles. The third-order valence-electron chi connectivity index (χ3n) is 3.76. The van der Waals surface area contributed by atoms with E-state index in [9.17, 15) is 4.79 Å². The maximum Gasteiger partial charge on any atom is 0.224 e. The summed E-state index contributed by atoms with van der Waals surface area (Å²) in [5.41, 5.74) is 2.23. The summed E-state index contributed by atoms with van der Waals surface area (Å²) in [5, 5.41) is 0. The molecule has 1 fully saturated rings. The predicted molar refractivity (Wildman–Crippen MR) is 83.5 cm³/mol. The van der Waals surface area contributed by atoms with Gasteiger partial charge in [0.15, 0.2) is 0 Å². The monoisotopic (exact) mass is 291 g/mol. The molecule has 0 aromatic carbocycles. The Balaban J connectivity index is 1.88. The average Bonchev–Trinajstić information content (AvgIpc) is 2.73. The van der Waals surface area contributed by atoms with Gasteiger partial charge in [-0.2, -0.15) is 0 Å². The van der Waals surface area contributed by atoms with Crippen molar-refractivity contribution in [3.63, 3.8) is 0 Å². The molecule has 1 saturated heterocycles. The van der Waals surface area contributed by atoms with Crippen molar-refractivity contribution < 1.29 is 9.53 Å². The number of aromatic nitrogens is 1. The molecule has 0 atom stereocenters. The van der Waals surface area contributed by atoms with Crippen molar-refractivity contribution in [3.05, 3.63) is 24.0 Å². The summed E-state index contributed by atoms with van der Waals surface area (Å²) in [4.78, 5) is 20.7. The number of hydrogen-bond acceptors (Lipinski definition) is 4. The first-order chi connectivity index (χ1) is 10.2. The van der Waals surface area contributed by atoms with Crippen molar-refractivity contribution >= 4 is 11.6 Å². The highest BCUT2D eigenvalue weighted by molar-refractivity contribution is 5.76. The standard InChI is InChI=1S/C16H25N3O2/c1-3-21-12-6-16(20)19-9-4-8-18(10-11-19)15-5-7-17-14(2)13-15/h5,7,13H,3-4,6,8-12H2,1-2H3. The van der Waals surface area contributed by atoms with E-state index in [-0.39, 0.29) is 5.91 Å². The largest absolute Gasteiger partial charge is 0.381 e. The second kappa shape index (κ2) is 7.98. The fraction of sp³-hybridized carbons (Fsp3) is 0.625. The van der Waals surface area contributed by atoms with Gasteiger partial charge in [-0.15, -0.1) is 0 Å². The minimum absolute atomic E-state index is 0.205. The minimum atomic E-state index is 0.205. The van der Waals surface area contributed by atoms with Crippen LogP contribution in [0.2, 0.25) is 0 Å². The van der Waals surface area contributed by atoms with E-state index in [2.05, 4.69) is 16.0 Å². The zero-order valence-electron chi connectivity index (χ0n) is 13.0. The van der Waals surface area contributed by atoms with E-state index in [0.29, 0.717) is 19.6 Å². The zero-order chi connectivity index (χ0) is 15.1. The van der Waals surface area contributed by atoms with Crippen LogP contribution in [0.4, 0.5) is 5.69 Å². The van der Waals surface area contributed by atoms with Crippen LogP contribution in [-0.2, 0) is 9.53 Å². The van der Waals surface area contributed by atoms with Crippen LogP contribution in [0.3, 0.4) is 0 Å². The minimum Gasteiger partial charge on any atom is -0.381 e. The molecule has 0 N–H and O–H groups in total. The molecule has 116 valence electrons. The van der Waals surface area contributed by atoms with E-state index in [1.165, 1.54) is 5.69 Å². The highest BCUT2D eigenvalue weighted by Gasteiger charge is 2.19. The number of anilines is 1. The molecule has 0 saturated carbocycles. The molecule has 0 aliphatic carbocycles. The van der Waals surface area contributed by atoms with Gasteiger partial charge < -0.3 is 14.5 Å². The Hall–Kier alpha value is -1.62. The van der Waals surface area contributed by atoms with Crippen LogP contribution in [0.1, 0.15) is 25.5 Å². The number of carbonyl (C=O) groups excluding carboxylic acids is 1. The van der Waals surface area contributed by atoms with Crippen molar-refractivity contribution in [3.8, 4) is 0 Å². The third-order valence-corrected chi connectivity index (χ3v) is 3.76. The van der Waals surface area contributed by atoms with E-state index in [4.69, 9.17) is 4.74 Å². The van der Waals surface area contributed by atoms with Crippen molar-refractivity contribution in [1.82, 2.24) is 9.88 Å². The summed E-state index contributed by atoms with van der Waals surface area (Å²) in [5.74, 6) is 0.205. The van der Waals surface area contributed by atoms with Gasteiger partial charge in [0.25, 0.3) is 0 Å². The number of hydrogen-bond donors (Lipinski definition) is 0. The maximum atomic E-state index is 12.1. The highest BCUT2D eigenvalue weighted by atomic mass is 16.5. The molecule has 2 rings (SSSR count). The molecule has 1 aromatic heterocycles. The van der Waals surface area contributed by atoms with E-state index >= 15 is 0 Å². The number of ether oxygens (including phenoxy) is 1. The Morgan fingerprint density at radius 1 is 1.33 bits per heavy atom. The van der Waals surface area contributed by atoms with Crippen LogP contribution in [0.15, 0.2) is 18.3 Å². The molecule has 1 aliphatic rings. The normalized spacial score (nSPS) is 15.9. The Morgan fingerprint density at radius 2 is 2.19 bits per heavy atom. The lowest BCUT2D eigenvalue weighted by Crippen LogP contribution is -2.35. The molecular weight excluding hydrogens is 266 g/mol. The van der Waals surface area contributed by atoms with Crippen molar-refractivity contribution in [2.45, 2.75) is 26.7 Å². The van der Waals surface area contributed by atoms with Crippen molar-refractivity contribution in [2.24, 2.45) is 0 Å². The Morgan fingerprint density at radius 3 is 2.95 bits per heavy atom. The van der Waals surface area contributed by atoms with Gasteiger partial charge in [0.05, 0.1) is 13.0 Å². The van der Waals surface area contributed by atoms with E-state index in [1.807, 2.05) is 31.0 Å². The van der Waals surface area contributed by atoms with Crippen molar-refractivity contribution in [1.29, 1.82) is 0 Å². The molecular formula is C16H25N3O2. The van der Waals surface area contributed by atoms with Gasteiger partial charge in [-0.25, -0.2) is 0 Å². The third kappa shape index (κ3) is 4.70. The van der Waals surface area contributed by atoms with Crippen molar-refractivity contribution in [2.75, 3.05) is 44.3 Å². The second-order valence-corrected chi connectivity index (χ2v) is 5.32. The van der Waals surface area contributed by atoms with Crippen LogP contribution in [0.25, 0.3) is 0 Å². The topological polar surface area (TPSA) is 45.7 Å². The Kier molecular flexibility index (Phi) is 5.99. The van der Waals surface area contributed by atoms with Crippen LogP contribution < -0.4 is 4.90 Å². The van der Waals surface area contributed by atoms with Gasteiger partial charge >= 0.3 is 0 Å². The first kappa shape index (κ1) is 15.8. The molecule has 1 aliphatic heterocycles. The number of rotatable bonds is 5. The number of aryl methyl sites for hydroxylation is 1. The van der Waals surface area contributed by atoms with Gasteiger partial charge in [-0.3, -0.25) is 9.78 Å². The molecule has 0 unspecified atom stereocenters. The Bertz CT molecular complexity index is 465. The van der Waals surface area contributed by atoms with Gasteiger partial charge in [0.2, 0.25) is 5.91 Å². The first-order valence-electron chi connectivity index (χ1n) is 7.74. The Labute approximate surface area is 126 Å². The molecule has 1 aromatic rings. The van der Waals surface area contributed by atoms with Gasteiger partial charge in [0.1, 0.15) is 0 Å². The molecule has 21 heavy (non-hydrogen) atoms. The summed E-state index contributed by atoms with van der Waals surface area (Å²) in [6.07, 6.45) is 3.34. The summed E-state index contributed by atoms with van der Waals surface area (Å²) in [6, 6.07) is 4.14. The number of pyridine rings is 1. The summed E-state index contributed by atoms with van der Waals surface area (Å²) < 4.78 is 5.26. The molecule has 1 amide bonds. The lowest BCUT2D eigenvalue weighted by atomic mass is 10.3. The maximum absolute atomic E-state index is 12.1. The number of carbonyl (C=O) groups is 1. The zero-order valence-corrected chi connectivity index (χ0v) is 13.0. The van der Waals surface area contributed by atoms with E-state index < -0.39 is 0 Å². The fourth-order valence-corrected chi connectivity index (χ4v) is 2.61. The predicted octanol–water partition coefficient (Wildman–Crippen LogP) is 1.86. The van der Waals surface area contributed by atoms with Crippen LogP contribution in [0.5, 0.6) is 0 Å². The molecule has 5 nitrogen and oxygen atoms in total. The smallest absolute Gasteiger partial charge is 0.224 e. The molecule has 0 bridgehead atoms. The van der Waals surface area contributed by atoms with Gasteiger partial charge in [-0.1, -0.05) is 0 Å². The number of nitrogens with zero attached hydrogens (tertiary/aromatic N) is 3. The summed E-state index contributed by atoms with van der Waals surface area (Å²) in [6.45, 7) is 8.64. The average molecular weight is 291 g/mol. The van der Waals surface area contributed by atoms with E-state index in [0.717, 1.165) is 38.3 Å².